The summed E-state index contributed by atoms with van der Waals surface area (Å²) in [6, 6.07) is 9.58. The molecule has 1 aromatic heterocycles. The third-order valence-corrected chi connectivity index (χ3v) is 4.19. The van der Waals surface area contributed by atoms with E-state index in [0.717, 1.165) is 5.75 Å². The number of hydrogen-bond donors (Lipinski definition) is 1. The highest BCUT2D eigenvalue weighted by Crippen LogP contribution is 2.24. The van der Waals surface area contributed by atoms with Crippen LogP contribution in [0.1, 0.15) is 36.7 Å². The van der Waals surface area contributed by atoms with Gasteiger partial charge in [-0.05, 0) is 34.6 Å². The maximum absolute atomic E-state index is 11.6. The van der Waals surface area contributed by atoms with Gasteiger partial charge >= 0.3 is 5.97 Å². The van der Waals surface area contributed by atoms with Crippen molar-refractivity contribution < 1.29 is 19.1 Å². The van der Waals surface area contributed by atoms with E-state index in [1.165, 1.54) is 16.9 Å². The molecule has 0 unspecified atom stereocenters. The molecule has 25 heavy (non-hydrogen) atoms. The second-order valence-corrected chi connectivity index (χ2v) is 7.34. The highest BCUT2D eigenvalue weighted by Gasteiger charge is 2.13. The molecule has 0 fully saturated rings. The molecule has 0 aliphatic heterocycles. The number of carbonyl (C=O) groups excluding carboxylic acids is 2. The van der Waals surface area contributed by atoms with Crippen molar-refractivity contribution >= 4 is 23.2 Å². The minimum atomic E-state index is -0.494. The molecule has 0 radical (unpaired) electrons. The van der Waals surface area contributed by atoms with E-state index in [0.29, 0.717) is 18.7 Å². The summed E-state index contributed by atoms with van der Waals surface area (Å²) in [4.78, 5) is 23.2. The van der Waals surface area contributed by atoms with E-state index in [2.05, 4.69) is 26.1 Å². The Hall–Kier alpha value is -2.34. The molecular formula is C19H23NO4S. The summed E-state index contributed by atoms with van der Waals surface area (Å²) >= 11 is 1.40. The molecule has 0 aliphatic rings. The summed E-state index contributed by atoms with van der Waals surface area (Å²) in [5, 5.41) is 6.11. The third kappa shape index (κ3) is 6.23. The number of hydrogen-bond acceptors (Lipinski definition) is 5. The van der Waals surface area contributed by atoms with Crippen molar-refractivity contribution in [2.45, 2.75) is 26.2 Å². The van der Waals surface area contributed by atoms with Gasteiger partial charge in [0, 0.05) is 5.38 Å². The number of ether oxygens (including phenoxy) is 2. The Bertz CT molecular complexity index is 687. The van der Waals surface area contributed by atoms with Crippen LogP contribution in [0, 0.1) is 0 Å². The molecule has 6 heteroatoms. The fourth-order valence-electron chi connectivity index (χ4n) is 2.06. The molecule has 2 aromatic rings. The lowest BCUT2D eigenvalue weighted by Crippen LogP contribution is -2.32. The van der Waals surface area contributed by atoms with E-state index in [1.54, 1.807) is 16.8 Å². The first-order valence-corrected chi connectivity index (χ1v) is 9.00. The number of esters is 1. The van der Waals surface area contributed by atoms with Crippen molar-refractivity contribution in [1.82, 2.24) is 5.32 Å². The summed E-state index contributed by atoms with van der Waals surface area (Å²) in [7, 11) is 0. The molecule has 134 valence electrons. The van der Waals surface area contributed by atoms with E-state index < -0.39 is 5.97 Å². The largest absolute Gasteiger partial charge is 0.492 e. The minimum Gasteiger partial charge on any atom is -0.492 e. The Balaban J connectivity index is 1.64. The quantitative estimate of drug-likeness (QED) is 0.606. The summed E-state index contributed by atoms with van der Waals surface area (Å²) in [5.74, 6) is -0.0898. The van der Waals surface area contributed by atoms with E-state index in [1.807, 2.05) is 24.3 Å². The lowest BCUT2D eigenvalue weighted by molar-refractivity contribution is -0.124. The molecule has 0 spiro atoms. The molecule has 1 N–H and O–H groups in total. The van der Waals surface area contributed by atoms with Gasteiger partial charge in [-0.2, -0.15) is 11.3 Å². The fourth-order valence-corrected chi connectivity index (χ4v) is 2.68. The molecule has 0 saturated carbocycles. The number of amides is 1. The molecule has 0 atom stereocenters. The number of benzene rings is 1. The van der Waals surface area contributed by atoms with Gasteiger partial charge in [-0.25, -0.2) is 4.79 Å². The van der Waals surface area contributed by atoms with Gasteiger partial charge in [0.05, 0.1) is 12.1 Å². The molecule has 5 nitrogen and oxygen atoms in total. The highest BCUT2D eigenvalue weighted by molar-refractivity contribution is 7.08. The summed E-state index contributed by atoms with van der Waals surface area (Å²) in [5.41, 5.74) is 1.80. The van der Waals surface area contributed by atoms with Crippen LogP contribution in [0.25, 0.3) is 0 Å². The average Bonchev–Trinajstić information content (AvgIpc) is 3.11. The van der Waals surface area contributed by atoms with Crippen LogP contribution >= 0.6 is 11.3 Å². The first-order valence-electron chi connectivity index (χ1n) is 8.05. The SMILES string of the molecule is CC(C)(C)c1ccc(OCCNC(=O)COC(=O)c2ccsc2)cc1. The predicted octanol–water partition coefficient (Wildman–Crippen LogP) is 3.40. The Kier molecular flexibility index (Phi) is 6.58. The first kappa shape index (κ1) is 19.0. The van der Waals surface area contributed by atoms with Crippen molar-refractivity contribution in [2.75, 3.05) is 19.8 Å². The summed E-state index contributed by atoms with van der Waals surface area (Å²) in [6.07, 6.45) is 0. The van der Waals surface area contributed by atoms with Gasteiger partial charge in [-0.15, -0.1) is 0 Å². The smallest absolute Gasteiger partial charge is 0.339 e. The van der Waals surface area contributed by atoms with Crippen LogP contribution in [-0.2, 0) is 14.9 Å². The van der Waals surface area contributed by atoms with E-state index in [9.17, 15) is 9.59 Å². The van der Waals surface area contributed by atoms with Gasteiger partial charge in [-0.1, -0.05) is 32.9 Å². The zero-order valence-corrected chi connectivity index (χ0v) is 15.5. The molecule has 1 amide bonds. The molecular weight excluding hydrogens is 338 g/mol. The van der Waals surface area contributed by atoms with Gasteiger partial charge < -0.3 is 14.8 Å². The Morgan fingerprint density at radius 2 is 1.84 bits per heavy atom. The Labute approximate surface area is 152 Å². The van der Waals surface area contributed by atoms with Crippen LogP contribution in [0.15, 0.2) is 41.1 Å². The lowest BCUT2D eigenvalue weighted by Gasteiger charge is -2.19. The Morgan fingerprint density at radius 3 is 2.44 bits per heavy atom. The minimum absolute atomic E-state index is 0.104. The van der Waals surface area contributed by atoms with E-state index >= 15 is 0 Å². The average molecular weight is 361 g/mol. The maximum Gasteiger partial charge on any atom is 0.339 e. The van der Waals surface area contributed by atoms with Crippen LogP contribution in [0.2, 0.25) is 0 Å². The van der Waals surface area contributed by atoms with Crippen LogP contribution < -0.4 is 10.1 Å². The Morgan fingerprint density at radius 1 is 1.12 bits per heavy atom. The third-order valence-electron chi connectivity index (χ3n) is 3.50. The summed E-state index contributed by atoms with van der Waals surface area (Å²) in [6.45, 7) is 6.86. The molecule has 1 aromatic carbocycles. The molecule has 0 aliphatic carbocycles. The van der Waals surface area contributed by atoms with Gasteiger partial charge in [0.1, 0.15) is 12.4 Å². The van der Waals surface area contributed by atoms with Gasteiger partial charge in [-0.3, -0.25) is 4.79 Å². The van der Waals surface area contributed by atoms with Crippen molar-refractivity contribution in [1.29, 1.82) is 0 Å². The van der Waals surface area contributed by atoms with E-state index in [-0.39, 0.29) is 17.9 Å². The van der Waals surface area contributed by atoms with Crippen molar-refractivity contribution in [3.05, 3.63) is 52.2 Å². The van der Waals surface area contributed by atoms with Crippen LogP contribution in [0.5, 0.6) is 5.75 Å². The highest BCUT2D eigenvalue weighted by atomic mass is 32.1. The second-order valence-electron chi connectivity index (χ2n) is 6.56. The van der Waals surface area contributed by atoms with Crippen molar-refractivity contribution in [3.63, 3.8) is 0 Å². The number of carbonyl (C=O) groups is 2. The second kappa shape index (κ2) is 8.67. The van der Waals surface area contributed by atoms with E-state index in [4.69, 9.17) is 9.47 Å². The monoisotopic (exact) mass is 361 g/mol. The lowest BCUT2D eigenvalue weighted by atomic mass is 9.87. The van der Waals surface area contributed by atoms with Crippen molar-refractivity contribution in [3.8, 4) is 5.75 Å². The zero-order chi connectivity index (χ0) is 18.3. The maximum atomic E-state index is 11.6. The zero-order valence-electron chi connectivity index (χ0n) is 14.7. The fraction of sp³-hybridized carbons (Fsp3) is 0.368. The van der Waals surface area contributed by atoms with Crippen molar-refractivity contribution in [2.24, 2.45) is 0 Å². The molecule has 2 rings (SSSR count). The molecule has 0 saturated heterocycles. The summed E-state index contributed by atoms with van der Waals surface area (Å²) < 4.78 is 10.5. The molecule has 0 bridgehead atoms. The van der Waals surface area contributed by atoms with Crippen LogP contribution in [0.3, 0.4) is 0 Å². The standard InChI is InChI=1S/C19H23NO4S/c1-19(2,3)15-4-6-16(7-5-15)23-10-9-20-17(21)12-24-18(22)14-8-11-25-13-14/h4-8,11,13H,9-10,12H2,1-3H3,(H,20,21). The first-order chi connectivity index (χ1) is 11.9. The topological polar surface area (TPSA) is 64.6 Å². The normalized spacial score (nSPS) is 11.0. The van der Waals surface area contributed by atoms with Gasteiger partial charge in [0.25, 0.3) is 5.91 Å². The number of rotatable bonds is 7. The van der Waals surface area contributed by atoms with Gasteiger partial charge in [0.2, 0.25) is 0 Å². The van der Waals surface area contributed by atoms with Crippen LogP contribution in [0.4, 0.5) is 0 Å². The van der Waals surface area contributed by atoms with Gasteiger partial charge in [0.15, 0.2) is 6.61 Å². The number of nitrogens with one attached hydrogen (secondary N) is 1. The predicted molar refractivity (Wildman–Crippen MR) is 98.2 cm³/mol. The molecule has 1 heterocycles. The number of thiophene rings is 1. The van der Waals surface area contributed by atoms with Crippen LogP contribution in [-0.4, -0.2) is 31.6 Å².